The van der Waals surface area contributed by atoms with E-state index in [0.717, 1.165) is 45.1 Å². The molecule has 0 amide bonds. The van der Waals surface area contributed by atoms with Gasteiger partial charge >= 0.3 is 0 Å². The van der Waals surface area contributed by atoms with Gasteiger partial charge in [0.15, 0.2) is 18.4 Å². The largest absolute Gasteiger partial charge is 0.394 e. The Morgan fingerprint density at radius 2 is 1.49 bits per heavy atom. The van der Waals surface area contributed by atoms with E-state index >= 15 is 0 Å². The second kappa shape index (κ2) is 13.9. The minimum absolute atomic E-state index is 0.0169. The van der Waals surface area contributed by atoms with E-state index in [0.29, 0.717) is 31.1 Å². The van der Waals surface area contributed by atoms with Gasteiger partial charge in [-0.15, -0.1) is 0 Å². The standard InChI is InChI=1S/C39H62O14/c1-18-7-12-39(48-17-18)19(2)27-24(53-39)14-38(47)23-6-5-20-13-21(8-10-36(20,3)22(23)9-11-37(27,38)4)49-34-32(46)30(44)33(26(16-41)51-34)52-35-31(45)29(43)28(42)25(15-40)50-35/h5,18-19,21-35,40-47H,6-17H2,1-4H3/t18-,19-,21+,22+,23-,24-,25-,26+,27-,28+,29-,30+,31-,32-,33+,34+,35+,36+,37-,38+,39+/m1/s1. The second-order valence-electron chi connectivity index (χ2n) is 18.4. The van der Waals surface area contributed by atoms with Gasteiger partial charge < -0.3 is 69.3 Å². The molecule has 8 N–H and O–H groups in total. The number of hydrogen-bond acceptors (Lipinski definition) is 14. The highest BCUT2D eigenvalue weighted by atomic mass is 16.7. The predicted molar refractivity (Wildman–Crippen MR) is 184 cm³/mol. The molecule has 8 rings (SSSR count). The third-order valence-electron chi connectivity index (χ3n) is 15.8. The molecule has 4 saturated heterocycles. The van der Waals surface area contributed by atoms with Crippen LogP contribution in [-0.2, 0) is 28.4 Å². The third kappa shape index (κ3) is 5.87. The molecule has 302 valence electrons. The summed E-state index contributed by atoms with van der Waals surface area (Å²) >= 11 is 0. The Hall–Kier alpha value is -0.820. The molecule has 0 aromatic carbocycles. The number of aliphatic hydroxyl groups excluding tert-OH is 7. The van der Waals surface area contributed by atoms with Crippen LogP contribution in [0.4, 0.5) is 0 Å². The minimum Gasteiger partial charge on any atom is -0.394 e. The molecule has 14 heteroatoms. The van der Waals surface area contributed by atoms with E-state index in [1.54, 1.807) is 0 Å². The molecule has 0 radical (unpaired) electrons. The molecular weight excluding hydrogens is 692 g/mol. The monoisotopic (exact) mass is 754 g/mol. The lowest BCUT2D eigenvalue weighted by Crippen LogP contribution is -2.65. The molecule has 7 fully saturated rings. The summed E-state index contributed by atoms with van der Waals surface area (Å²) in [5, 5.41) is 85.6. The van der Waals surface area contributed by atoms with Gasteiger partial charge in [0.25, 0.3) is 0 Å². The molecule has 0 unspecified atom stereocenters. The van der Waals surface area contributed by atoms with Crippen molar-refractivity contribution in [2.75, 3.05) is 19.8 Å². The number of allylic oxidation sites excluding steroid dienone is 1. The second-order valence-corrected chi connectivity index (χ2v) is 18.4. The quantitative estimate of drug-likeness (QED) is 0.173. The molecular formula is C39H62O14. The summed E-state index contributed by atoms with van der Waals surface area (Å²) in [7, 11) is 0. The summed E-state index contributed by atoms with van der Waals surface area (Å²) < 4.78 is 36.7. The Balaban J connectivity index is 0.929. The fourth-order valence-corrected chi connectivity index (χ4v) is 12.6. The Bertz CT molecular complexity index is 1370. The SMILES string of the molecule is C[C@@H]1CC[C@]2(OC1)O[C@@H]1C[C@]3(O)[C@@H]4CC=C5C[C@@H](O[C@H]6O[C@@H](CO)[C@H](O[C@@H]7O[C@H](CO)[C@H](O)[C@@H](O)[C@H]7O)[C@@H](O)[C@H]6O)CC[C@]5(C)[C@H]4CC[C@]3(C)[C@@H]1[C@H]2C. The van der Waals surface area contributed by atoms with Crippen LogP contribution in [0, 0.1) is 40.4 Å². The summed E-state index contributed by atoms with van der Waals surface area (Å²) in [5.41, 5.74) is 0.0452. The molecule has 0 aromatic heterocycles. The maximum atomic E-state index is 12.9. The third-order valence-corrected chi connectivity index (χ3v) is 15.8. The van der Waals surface area contributed by atoms with Gasteiger partial charge in [-0.3, -0.25) is 0 Å². The van der Waals surface area contributed by atoms with Crippen molar-refractivity contribution in [1.29, 1.82) is 0 Å². The van der Waals surface area contributed by atoms with Gasteiger partial charge in [-0.1, -0.05) is 39.3 Å². The zero-order chi connectivity index (χ0) is 37.8. The number of hydrogen-bond donors (Lipinski definition) is 8. The predicted octanol–water partition coefficient (Wildman–Crippen LogP) is 0.477. The van der Waals surface area contributed by atoms with Crippen LogP contribution in [0.25, 0.3) is 0 Å². The Kier molecular flexibility index (Phi) is 10.3. The van der Waals surface area contributed by atoms with Gasteiger partial charge in [0.05, 0.1) is 37.6 Å². The Labute approximate surface area is 311 Å². The molecule has 3 saturated carbocycles. The fourth-order valence-electron chi connectivity index (χ4n) is 12.6. The first-order valence-corrected chi connectivity index (χ1v) is 20.1. The average Bonchev–Trinajstić information content (AvgIpc) is 3.54. The van der Waals surface area contributed by atoms with Crippen LogP contribution in [0.15, 0.2) is 11.6 Å². The lowest BCUT2D eigenvalue weighted by Gasteiger charge is -2.62. The van der Waals surface area contributed by atoms with Crippen LogP contribution in [0.3, 0.4) is 0 Å². The Morgan fingerprint density at radius 3 is 2.19 bits per heavy atom. The minimum atomic E-state index is -1.73. The van der Waals surface area contributed by atoms with Crippen LogP contribution in [0.5, 0.6) is 0 Å². The summed E-state index contributed by atoms with van der Waals surface area (Å²) in [6.07, 6.45) is -5.48. The molecule has 14 nitrogen and oxygen atoms in total. The molecule has 21 atom stereocenters. The molecule has 8 aliphatic rings. The van der Waals surface area contributed by atoms with E-state index in [1.807, 2.05) is 0 Å². The molecule has 0 bridgehead atoms. The highest BCUT2D eigenvalue weighted by Gasteiger charge is 2.74. The average molecular weight is 755 g/mol. The molecule has 4 aliphatic heterocycles. The van der Waals surface area contributed by atoms with Gasteiger partial charge in [-0.25, -0.2) is 0 Å². The first-order chi connectivity index (χ1) is 25.1. The molecule has 1 spiro atoms. The van der Waals surface area contributed by atoms with Crippen molar-refractivity contribution >= 4 is 0 Å². The van der Waals surface area contributed by atoms with Crippen LogP contribution in [0.1, 0.15) is 85.5 Å². The van der Waals surface area contributed by atoms with Crippen molar-refractivity contribution < 1.29 is 69.3 Å². The van der Waals surface area contributed by atoms with Gasteiger partial charge in [0, 0.05) is 30.1 Å². The summed E-state index contributed by atoms with van der Waals surface area (Å²) in [6, 6.07) is 0. The maximum Gasteiger partial charge on any atom is 0.187 e. The summed E-state index contributed by atoms with van der Waals surface area (Å²) in [5.74, 6) is 0.869. The van der Waals surface area contributed by atoms with Crippen LogP contribution >= 0.6 is 0 Å². The highest BCUT2D eigenvalue weighted by Crippen LogP contribution is 2.72. The van der Waals surface area contributed by atoms with E-state index in [9.17, 15) is 40.9 Å². The smallest absolute Gasteiger partial charge is 0.187 e. The van der Waals surface area contributed by atoms with E-state index < -0.39 is 86.0 Å². The summed E-state index contributed by atoms with van der Waals surface area (Å²) in [4.78, 5) is 0. The zero-order valence-corrected chi connectivity index (χ0v) is 31.4. The summed E-state index contributed by atoms with van der Waals surface area (Å²) in [6.45, 7) is 8.59. The highest BCUT2D eigenvalue weighted by molar-refractivity contribution is 5.29. The van der Waals surface area contributed by atoms with E-state index in [2.05, 4.69) is 33.8 Å². The van der Waals surface area contributed by atoms with Gasteiger partial charge in [0.2, 0.25) is 0 Å². The maximum absolute atomic E-state index is 12.9. The van der Waals surface area contributed by atoms with Crippen molar-refractivity contribution in [3.05, 3.63) is 11.6 Å². The number of rotatable bonds is 6. The van der Waals surface area contributed by atoms with Crippen molar-refractivity contribution in [3.8, 4) is 0 Å². The molecule has 4 heterocycles. The number of aliphatic hydroxyl groups is 8. The molecule has 4 aliphatic carbocycles. The van der Waals surface area contributed by atoms with Crippen molar-refractivity contribution in [3.63, 3.8) is 0 Å². The van der Waals surface area contributed by atoms with Gasteiger partial charge in [-0.2, -0.15) is 0 Å². The van der Waals surface area contributed by atoms with Gasteiger partial charge in [0.1, 0.15) is 48.8 Å². The lowest BCUT2D eigenvalue weighted by molar-refractivity contribution is -0.363. The first-order valence-electron chi connectivity index (χ1n) is 20.1. The number of fused-ring (bicyclic) bond motifs is 7. The van der Waals surface area contributed by atoms with E-state index in [4.69, 9.17) is 28.4 Å². The molecule has 0 aromatic rings. The van der Waals surface area contributed by atoms with Crippen LogP contribution < -0.4 is 0 Å². The van der Waals surface area contributed by atoms with Crippen molar-refractivity contribution in [1.82, 2.24) is 0 Å². The van der Waals surface area contributed by atoms with Crippen molar-refractivity contribution in [2.24, 2.45) is 40.4 Å². The first kappa shape index (κ1) is 39.0. The number of ether oxygens (including phenoxy) is 6. The topological polar surface area (TPSA) is 217 Å². The fraction of sp³-hybridized carbons (Fsp3) is 0.949. The molecule has 53 heavy (non-hydrogen) atoms. The zero-order valence-electron chi connectivity index (χ0n) is 31.4. The van der Waals surface area contributed by atoms with Crippen LogP contribution in [-0.4, -0.2) is 146 Å². The van der Waals surface area contributed by atoms with Crippen molar-refractivity contribution in [2.45, 2.75) is 170 Å². The Morgan fingerprint density at radius 1 is 0.792 bits per heavy atom. The normalized spacial score (nSPS) is 58.0. The lowest BCUT2D eigenvalue weighted by atomic mass is 9.45. The van der Waals surface area contributed by atoms with E-state index in [1.165, 1.54) is 5.57 Å². The van der Waals surface area contributed by atoms with Crippen LogP contribution in [0.2, 0.25) is 0 Å². The van der Waals surface area contributed by atoms with E-state index in [-0.39, 0.29) is 40.8 Å². The van der Waals surface area contributed by atoms with Gasteiger partial charge in [-0.05, 0) is 68.1 Å².